The molecule has 0 radical (unpaired) electrons. The summed E-state index contributed by atoms with van der Waals surface area (Å²) >= 11 is 0. The molecule has 0 bridgehead atoms. The van der Waals surface area contributed by atoms with E-state index in [0.29, 0.717) is 43.9 Å². The lowest BCUT2D eigenvalue weighted by Crippen LogP contribution is -2.56. The van der Waals surface area contributed by atoms with E-state index in [2.05, 4.69) is 32.5 Å². The third-order valence-corrected chi connectivity index (χ3v) is 7.96. The predicted molar refractivity (Wildman–Crippen MR) is 144 cm³/mol. The van der Waals surface area contributed by atoms with Gasteiger partial charge in [-0.3, -0.25) is 4.90 Å². The van der Waals surface area contributed by atoms with E-state index in [9.17, 15) is 18.0 Å². The Balaban J connectivity index is 1.08. The SMILES string of the molecule is Cc1nnc(C(c2ccccc2)N2CCC(CCNC(=O)N3CCN(c4cc(F)c(F)c(F)c4)C[C@H]3C)CC2)o1. The maximum atomic E-state index is 13.7. The smallest absolute Gasteiger partial charge is 0.317 e. The zero-order valence-corrected chi connectivity index (χ0v) is 22.8. The van der Waals surface area contributed by atoms with E-state index < -0.39 is 17.5 Å². The summed E-state index contributed by atoms with van der Waals surface area (Å²) in [7, 11) is 0. The minimum absolute atomic E-state index is 0.0777. The Morgan fingerprint density at radius 1 is 1.05 bits per heavy atom. The Labute approximate surface area is 232 Å². The number of anilines is 1. The van der Waals surface area contributed by atoms with Gasteiger partial charge in [-0.05, 0) is 50.8 Å². The molecule has 3 aromatic rings. The molecular weight excluding hydrogens is 521 g/mol. The van der Waals surface area contributed by atoms with E-state index in [1.54, 1.807) is 16.7 Å². The summed E-state index contributed by atoms with van der Waals surface area (Å²) in [5, 5.41) is 11.4. The third-order valence-electron chi connectivity index (χ3n) is 7.96. The van der Waals surface area contributed by atoms with Crippen molar-refractivity contribution in [2.75, 3.05) is 44.2 Å². The fraction of sp³-hybridized carbons (Fsp3) is 0.483. The number of aromatic nitrogens is 2. The number of hydrogen-bond donors (Lipinski definition) is 1. The number of piperidine rings is 1. The number of nitrogens with one attached hydrogen (secondary N) is 1. The van der Waals surface area contributed by atoms with Crippen molar-refractivity contribution in [3.05, 3.63) is 77.3 Å². The van der Waals surface area contributed by atoms with Gasteiger partial charge in [-0.15, -0.1) is 10.2 Å². The quantitative estimate of drug-likeness (QED) is 0.417. The van der Waals surface area contributed by atoms with Crippen LogP contribution in [-0.2, 0) is 0 Å². The highest BCUT2D eigenvalue weighted by Gasteiger charge is 2.32. The van der Waals surface area contributed by atoms with Crippen LogP contribution >= 0.6 is 0 Å². The minimum Gasteiger partial charge on any atom is -0.423 e. The molecule has 2 amide bonds. The van der Waals surface area contributed by atoms with Gasteiger partial charge < -0.3 is 19.5 Å². The highest BCUT2D eigenvalue weighted by molar-refractivity contribution is 5.75. The van der Waals surface area contributed by atoms with E-state index in [0.717, 1.165) is 50.0 Å². The Kier molecular flexibility index (Phi) is 8.58. The molecule has 40 heavy (non-hydrogen) atoms. The molecule has 0 spiro atoms. The van der Waals surface area contributed by atoms with Gasteiger partial charge in [-0.1, -0.05) is 30.3 Å². The summed E-state index contributed by atoms with van der Waals surface area (Å²) in [4.78, 5) is 18.8. The lowest BCUT2D eigenvalue weighted by atomic mass is 9.91. The van der Waals surface area contributed by atoms with Crippen LogP contribution in [0.15, 0.2) is 46.9 Å². The normalized spacial score (nSPS) is 19.6. The van der Waals surface area contributed by atoms with Gasteiger partial charge in [0.15, 0.2) is 17.5 Å². The van der Waals surface area contributed by atoms with Crippen molar-refractivity contribution in [3.8, 4) is 0 Å². The molecular formula is C29H35F3N6O2. The van der Waals surface area contributed by atoms with Gasteiger partial charge in [0.05, 0.1) is 0 Å². The monoisotopic (exact) mass is 556 g/mol. The van der Waals surface area contributed by atoms with Crippen molar-refractivity contribution in [3.63, 3.8) is 0 Å². The fourth-order valence-electron chi connectivity index (χ4n) is 5.77. The summed E-state index contributed by atoms with van der Waals surface area (Å²) in [5.74, 6) is -2.25. The number of nitrogens with zero attached hydrogens (tertiary/aromatic N) is 5. The number of piperazine rings is 1. The second-order valence-corrected chi connectivity index (χ2v) is 10.7. The molecule has 2 saturated heterocycles. The van der Waals surface area contributed by atoms with Crippen molar-refractivity contribution >= 4 is 11.7 Å². The second-order valence-electron chi connectivity index (χ2n) is 10.7. The van der Waals surface area contributed by atoms with E-state index in [1.807, 2.05) is 25.1 Å². The first-order valence-electron chi connectivity index (χ1n) is 13.8. The summed E-state index contributed by atoms with van der Waals surface area (Å²) < 4.78 is 46.5. The van der Waals surface area contributed by atoms with Crippen molar-refractivity contribution in [2.24, 2.45) is 5.92 Å². The number of benzene rings is 2. The number of urea groups is 1. The molecule has 1 aromatic heterocycles. The van der Waals surface area contributed by atoms with Gasteiger partial charge in [-0.25, -0.2) is 18.0 Å². The minimum atomic E-state index is -1.47. The Hall–Kier alpha value is -3.60. The Morgan fingerprint density at radius 3 is 2.38 bits per heavy atom. The summed E-state index contributed by atoms with van der Waals surface area (Å²) in [6, 6.07) is 11.8. The largest absolute Gasteiger partial charge is 0.423 e. The van der Waals surface area contributed by atoms with E-state index in [1.165, 1.54) is 0 Å². The maximum absolute atomic E-state index is 13.7. The summed E-state index contributed by atoms with van der Waals surface area (Å²) in [6.07, 6.45) is 2.90. The van der Waals surface area contributed by atoms with E-state index in [4.69, 9.17) is 4.42 Å². The van der Waals surface area contributed by atoms with Gasteiger partial charge in [-0.2, -0.15) is 0 Å². The van der Waals surface area contributed by atoms with Gasteiger partial charge in [0, 0.05) is 57.0 Å². The topological polar surface area (TPSA) is 77.7 Å². The Bertz CT molecular complexity index is 1270. The van der Waals surface area contributed by atoms with E-state index >= 15 is 0 Å². The number of carbonyl (C=O) groups is 1. The standard InChI is InChI=1S/C29H35F3N6O2/c1-19-18-37(23-16-24(30)26(32)25(31)17-23)14-15-38(19)29(39)33-11-8-21-9-12-36(13-10-21)27(22-6-4-3-5-7-22)28-35-34-20(2)40-28/h3-7,16-17,19,21,27H,8-15,18H2,1-2H3,(H,33,39)/t19-,27?/m1/s1. The van der Waals surface area contributed by atoms with Crippen molar-refractivity contribution in [1.29, 1.82) is 0 Å². The van der Waals surface area contributed by atoms with Crippen LogP contribution < -0.4 is 10.2 Å². The first-order chi connectivity index (χ1) is 19.3. The lowest BCUT2D eigenvalue weighted by molar-refractivity contribution is 0.130. The first kappa shape index (κ1) is 27.9. The lowest BCUT2D eigenvalue weighted by Gasteiger charge is -2.41. The molecule has 2 fully saturated rings. The number of carbonyl (C=O) groups excluding carboxylic acids is 1. The number of amides is 2. The summed E-state index contributed by atoms with van der Waals surface area (Å²) in [6.45, 7) is 7.27. The molecule has 0 saturated carbocycles. The first-order valence-corrected chi connectivity index (χ1v) is 13.8. The van der Waals surface area contributed by atoms with Crippen LogP contribution in [0, 0.1) is 30.3 Å². The van der Waals surface area contributed by atoms with Crippen molar-refractivity contribution in [2.45, 2.75) is 45.2 Å². The van der Waals surface area contributed by atoms with E-state index in [-0.39, 0.29) is 23.8 Å². The number of aryl methyl sites for hydroxylation is 1. The Morgan fingerprint density at radius 2 is 1.75 bits per heavy atom. The molecule has 1 unspecified atom stereocenters. The molecule has 2 aromatic carbocycles. The molecule has 2 aliphatic heterocycles. The highest BCUT2D eigenvalue weighted by atomic mass is 19.2. The number of rotatable bonds is 7. The summed E-state index contributed by atoms with van der Waals surface area (Å²) in [5.41, 5.74) is 1.40. The van der Waals surface area contributed by atoms with Crippen molar-refractivity contribution < 1.29 is 22.4 Å². The number of hydrogen-bond acceptors (Lipinski definition) is 6. The van der Waals surface area contributed by atoms with Gasteiger partial charge >= 0.3 is 6.03 Å². The van der Waals surface area contributed by atoms with Gasteiger partial charge in [0.25, 0.3) is 0 Å². The van der Waals surface area contributed by atoms with Crippen LogP contribution in [0.4, 0.5) is 23.7 Å². The number of halogens is 3. The van der Waals surface area contributed by atoms with Crippen LogP contribution in [0.3, 0.4) is 0 Å². The molecule has 3 heterocycles. The molecule has 5 rings (SSSR count). The van der Waals surface area contributed by atoms with Crippen LogP contribution in [0.2, 0.25) is 0 Å². The van der Waals surface area contributed by atoms with Crippen LogP contribution in [0.25, 0.3) is 0 Å². The van der Waals surface area contributed by atoms with Crippen LogP contribution in [0.5, 0.6) is 0 Å². The molecule has 2 atom stereocenters. The number of likely N-dealkylation sites (tertiary alicyclic amines) is 1. The average molecular weight is 557 g/mol. The predicted octanol–water partition coefficient (Wildman–Crippen LogP) is 4.91. The maximum Gasteiger partial charge on any atom is 0.317 e. The van der Waals surface area contributed by atoms with Gasteiger partial charge in [0.1, 0.15) is 6.04 Å². The molecule has 11 heteroatoms. The second kappa shape index (κ2) is 12.3. The van der Waals surface area contributed by atoms with Crippen molar-refractivity contribution in [1.82, 2.24) is 25.3 Å². The fourth-order valence-corrected chi connectivity index (χ4v) is 5.77. The highest BCUT2D eigenvalue weighted by Crippen LogP contribution is 2.32. The molecule has 0 aliphatic carbocycles. The van der Waals surface area contributed by atoms with Crippen LogP contribution in [0.1, 0.15) is 49.6 Å². The third kappa shape index (κ3) is 6.24. The molecule has 214 valence electrons. The molecule has 8 nitrogen and oxygen atoms in total. The molecule has 2 aliphatic rings. The zero-order chi connectivity index (χ0) is 28.2. The molecule has 1 N–H and O–H groups in total. The van der Waals surface area contributed by atoms with Crippen LogP contribution in [-0.4, -0.2) is 71.3 Å². The van der Waals surface area contributed by atoms with Gasteiger partial charge in [0.2, 0.25) is 11.8 Å². The average Bonchev–Trinajstić information content (AvgIpc) is 3.38. The zero-order valence-electron chi connectivity index (χ0n) is 22.8.